The third-order valence-corrected chi connectivity index (χ3v) is 5.04. The normalized spacial score (nSPS) is 32.7. The van der Waals surface area contributed by atoms with Crippen LogP contribution in [0.3, 0.4) is 0 Å². The summed E-state index contributed by atoms with van der Waals surface area (Å²) in [5.74, 6) is 1.36. The Morgan fingerprint density at radius 2 is 2.15 bits per heavy atom. The van der Waals surface area contributed by atoms with E-state index < -0.39 is 0 Å². The van der Waals surface area contributed by atoms with Gasteiger partial charge in [-0.2, -0.15) is 0 Å². The topological polar surface area (TPSA) is 32.1 Å². The van der Waals surface area contributed by atoms with E-state index in [0.29, 0.717) is 12.0 Å². The van der Waals surface area contributed by atoms with Crippen LogP contribution in [-0.2, 0) is 0 Å². The van der Waals surface area contributed by atoms with Gasteiger partial charge < -0.3 is 5.32 Å². The number of aldehydes is 1. The lowest BCUT2D eigenvalue weighted by Gasteiger charge is -2.23. The van der Waals surface area contributed by atoms with Crippen molar-refractivity contribution >= 4 is 6.29 Å². The fraction of sp³-hybridized carbons (Fsp3) is 0.588. The Hall–Kier alpha value is -1.19. The number of piperidine rings is 1. The molecule has 2 fully saturated rings. The third-order valence-electron chi connectivity index (χ3n) is 5.04. The van der Waals surface area contributed by atoms with Gasteiger partial charge in [0, 0.05) is 24.2 Å². The number of nitrogens with zero attached hydrogens (tertiary/aromatic N) is 1. The van der Waals surface area contributed by atoms with Gasteiger partial charge >= 0.3 is 0 Å². The van der Waals surface area contributed by atoms with E-state index in [1.165, 1.54) is 18.5 Å². The molecule has 1 aromatic rings. The van der Waals surface area contributed by atoms with Gasteiger partial charge in [-0.1, -0.05) is 38.1 Å². The van der Waals surface area contributed by atoms with Crippen molar-refractivity contribution in [2.24, 2.45) is 5.92 Å². The summed E-state index contributed by atoms with van der Waals surface area (Å²) < 4.78 is 0. The van der Waals surface area contributed by atoms with Gasteiger partial charge in [-0.3, -0.25) is 9.69 Å². The summed E-state index contributed by atoms with van der Waals surface area (Å²) in [6, 6.07) is 9.59. The van der Waals surface area contributed by atoms with Crippen LogP contribution in [-0.4, -0.2) is 42.9 Å². The van der Waals surface area contributed by atoms with Gasteiger partial charge in [-0.05, 0) is 36.9 Å². The van der Waals surface area contributed by atoms with E-state index in [0.717, 1.165) is 36.9 Å². The van der Waals surface area contributed by atoms with Crippen LogP contribution >= 0.6 is 0 Å². The summed E-state index contributed by atoms with van der Waals surface area (Å²) >= 11 is 0. The summed E-state index contributed by atoms with van der Waals surface area (Å²) in [7, 11) is 0. The lowest BCUT2D eigenvalue weighted by atomic mass is 9.88. The van der Waals surface area contributed by atoms with E-state index in [4.69, 9.17) is 0 Å². The number of benzene rings is 1. The van der Waals surface area contributed by atoms with Crippen molar-refractivity contribution < 1.29 is 4.79 Å². The fourth-order valence-corrected chi connectivity index (χ4v) is 3.71. The van der Waals surface area contributed by atoms with Crippen LogP contribution in [0.2, 0.25) is 0 Å². The largest absolute Gasteiger partial charge is 0.317 e. The van der Waals surface area contributed by atoms with Crippen molar-refractivity contribution in [2.45, 2.75) is 38.3 Å². The number of carbonyl (C=O) groups excluding carboxylic acids is 1. The lowest BCUT2D eigenvalue weighted by Crippen LogP contribution is -2.27. The molecule has 1 unspecified atom stereocenters. The zero-order chi connectivity index (χ0) is 14.1. The van der Waals surface area contributed by atoms with Crippen molar-refractivity contribution in [3.63, 3.8) is 0 Å². The van der Waals surface area contributed by atoms with Gasteiger partial charge in [-0.25, -0.2) is 0 Å². The molecule has 3 nitrogen and oxygen atoms in total. The fourth-order valence-electron chi connectivity index (χ4n) is 3.71. The minimum atomic E-state index is 0.548. The highest BCUT2D eigenvalue weighted by molar-refractivity contribution is 5.74. The van der Waals surface area contributed by atoms with Crippen LogP contribution in [0.15, 0.2) is 24.3 Å². The van der Waals surface area contributed by atoms with Crippen molar-refractivity contribution in [1.82, 2.24) is 10.2 Å². The molecule has 0 radical (unpaired) electrons. The predicted molar refractivity (Wildman–Crippen MR) is 81.2 cm³/mol. The molecule has 3 rings (SSSR count). The maximum atomic E-state index is 10.7. The zero-order valence-corrected chi connectivity index (χ0v) is 12.4. The van der Waals surface area contributed by atoms with E-state index in [1.807, 2.05) is 12.1 Å². The van der Waals surface area contributed by atoms with Crippen LogP contribution < -0.4 is 5.32 Å². The molecule has 0 aliphatic carbocycles. The molecule has 3 heteroatoms. The van der Waals surface area contributed by atoms with Crippen LogP contribution in [0.4, 0.5) is 0 Å². The Balaban J connectivity index is 1.65. The number of rotatable bonds is 6. The number of fused-ring (bicyclic) bond motifs is 1. The molecule has 1 aromatic carbocycles. The Kier molecular flexibility index (Phi) is 3.90. The molecule has 2 aliphatic rings. The van der Waals surface area contributed by atoms with Gasteiger partial charge in [0.25, 0.3) is 0 Å². The second-order valence-electron chi connectivity index (χ2n) is 6.21. The average molecular weight is 272 g/mol. The van der Waals surface area contributed by atoms with Crippen LogP contribution in [0, 0.1) is 5.92 Å². The maximum absolute atomic E-state index is 10.7. The minimum absolute atomic E-state index is 0.548. The summed E-state index contributed by atoms with van der Waals surface area (Å²) in [6.07, 6.45) is 2.21. The quantitative estimate of drug-likeness (QED) is 0.637. The van der Waals surface area contributed by atoms with Crippen LogP contribution in [0.1, 0.15) is 42.1 Å². The SMILES string of the molecule is CCNC[C@H]1C[C@H]([C@H](C)c2ccc(C=O)cc2)N2C[C@@H]12. The molecule has 0 bridgehead atoms. The van der Waals surface area contributed by atoms with Crippen molar-refractivity contribution in [3.05, 3.63) is 35.4 Å². The monoisotopic (exact) mass is 272 g/mol. The van der Waals surface area contributed by atoms with E-state index in [-0.39, 0.29) is 0 Å². The number of carbonyl (C=O) groups is 1. The summed E-state index contributed by atoms with van der Waals surface area (Å²) in [6.45, 7) is 8.00. The highest BCUT2D eigenvalue weighted by atomic mass is 16.1. The van der Waals surface area contributed by atoms with Crippen molar-refractivity contribution in [1.29, 1.82) is 0 Å². The Labute approximate surface area is 121 Å². The molecule has 2 saturated heterocycles. The maximum Gasteiger partial charge on any atom is 0.150 e. The smallest absolute Gasteiger partial charge is 0.150 e. The van der Waals surface area contributed by atoms with E-state index >= 15 is 0 Å². The van der Waals surface area contributed by atoms with E-state index in [9.17, 15) is 4.79 Å². The average Bonchev–Trinajstić information content (AvgIpc) is 3.20. The molecule has 2 heterocycles. The highest BCUT2D eigenvalue weighted by Crippen LogP contribution is 2.45. The molecule has 0 spiro atoms. The summed E-state index contributed by atoms with van der Waals surface area (Å²) in [5, 5.41) is 3.50. The molecule has 0 saturated carbocycles. The van der Waals surface area contributed by atoms with Crippen LogP contribution in [0.25, 0.3) is 0 Å². The molecule has 20 heavy (non-hydrogen) atoms. The van der Waals surface area contributed by atoms with Gasteiger partial charge in [0.05, 0.1) is 0 Å². The molecular weight excluding hydrogens is 248 g/mol. The first-order valence-corrected chi connectivity index (χ1v) is 7.76. The minimum Gasteiger partial charge on any atom is -0.317 e. The first-order valence-electron chi connectivity index (χ1n) is 7.76. The van der Waals surface area contributed by atoms with Gasteiger partial charge in [-0.15, -0.1) is 0 Å². The second-order valence-corrected chi connectivity index (χ2v) is 6.21. The third kappa shape index (κ3) is 2.52. The van der Waals surface area contributed by atoms with Crippen LogP contribution in [0.5, 0.6) is 0 Å². The lowest BCUT2D eigenvalue weighted by molar-refractivity contribution is 0.112. The Bertz CT molecular complexity index is 470. The van der Waals surface area contributed by atoms with E-state index in [2.05, 4.69) is 36.2 Å². The number of nitrogens with one attached hydrogen (secondary N) is 1. The molecule has 108 valence electrons. The highest BCUT2D eigenvalue weighted by Gasteiger charge is 2.52. The predicted octanol–water partition coefficient (Wildman–Crippen LogP) is 2.28. The van der Waals surface area contributed by atoms with Gasteiger partial charge in [0.1, 0.15) is 6.29 Å². The molecule has 1 N–H and O–H groups in total. The summed E-state index contributed by atoms with van der Waals surface area (Å²) in [4.78, 5) is 13.4. The first-order chi connectivity index (χ1) is 9.74. The zero-order valence-electron chi connectivity index (χ0n) is 12.4. The number of hydrogen-bond donors (Lipinski definition) is 1. The summed E-state index contributed by atoms with van der Waals surface area (Å²) in [5.41, 5.74) is 2.12. The number of hydrogen-bond acceptors (Lipinski definition) is 3. The van der Waals surface area contributed by atoms with E-state index in [1.54, 1.807) is 0 Å². The molecule has 0 aromatic heterocycles. The molecular formula is C17H24N2O. The Morgan fingerprint density at radius 1 is 1.40 bits per heavy atom. The van der Waals surface area contributed by atoms with Gasteiger partial charge in [0.15, 0.2) is 0 Å². The second kappa shape index (κ2) is 5.66. The molecule has 0 amide bonds. The first kappa shape index (κ1) is 13.8. The van der Waals surface area contributed by atoms with Crippen molar-refractivity contribution in [3.8, 4) is 0 Å². The molecule has 2 aliphatic heterocycles. The van der Waals surface area contributed by atoms with Crippen molar-refractivity contribution in [2.75, 3.05) is 19.6 Å². The molecule has 5 atom stereocenters. The van der Waals surface area contributed by atoms with Gasteiger partial charge in [0.2, 0.25) is 0 Å². The standard InChI is InChI=1S/C17H24N2O/c1-3-18-9-15-8-16(19-10-17(15)19)12(2)14-6-4-13(11-20)5-7-14/h4-7,11-12,15-18H,3,8-10H2,1-2H3/t12-,15-,16-,17+,19?/m1/s1. The Morgan fingerprint density at radius 3 is 2.80 bits per heavy atom.